The van der Waals surface area contributed by atoms with Crippen LogP contribution in [0.15, 0.2) is 24.3 Å². The summed E-state index contributed by atoms with van der Waals surface area (Å²) < 4.78 is 5.22. The van der Waals surface area contributed by atoms with E-state index in [4.69, 9.17) is 10.5 Å². The summed E-state index contributed by atoms with van der Waals surface area (Å²) in [4.78, 5) is 12.1. The van der Waals surface area contributed by atoms with E-state index in [-0.39, 0.29) is 30.3 Å². The first-order valence-electron chi connectivity index (χ1n) is 8.15. The lowest BCUT2D eigenvalue weighted by atomic mass is 10.00. The fraction of sp³-hybridized carbons (Fsp3) is 0.471. The molecule has 8 heteroatoms. The van der Waals surface area contributed by atoms with E-state index in [1.165, 1.54) is 11.3 Å². The normalized spacial score (nSPS) is 19.3. The monoisotopic (exact) mass is 382 g/mol. The number of ether oxygens (including phenoxy) is 1. The SMILES string of the molecule is COc1cccc(Cc2nnc(NC(=O)C[C@@H]3CCC[C@H]3N)s2)c1.Cl. The number of rotatable bonds is 6. The van der Waals surface area contributed by atoms with Crippen LogP contribution in [0.2, 0.25) is 0 Å². The smallest absolute Gasteiger partial charge is 0.226 e. The molecule has 1 heterocycles. The molecule has 25 heavy (non-hydrogen) atoms. The number of methoxy groups -OCH3 is 1. The van der Waals surface area contributed by atoms with Gasteiger partial charge in [-0.05, 0) is 36.5 Å². The Morgan fingerprint density at radius 1 is 1.40 bits per heavy atom. The highest BCUT2D eigenvalue weighted by atomic mass is 35.5. The molecule has 2 aromatic rings. The van der Waals surface area contributed by atoms with E-state index in [1.54, 1.807) is 7.11 Å². The molecule has 0 saturated heterocycles. The van der Waals surface area contributed by atoms with Crippen molar-refractivity contribution < 1.29 is 9.53 Å². The summed E-state index contributed by atoms with van der Waals surface area (Å²) in [6, 6.07) is 7.99. The number of amides is 1. The van der Waals surface area contributed by atoms with E-state index >= 15 is 0 Å². The standard InChI is InChI=1S/C17H22N4O2S.ClH/c1-23-13-6-2-4-11(8-13)9-16-20-21-17(24-16)19-15(22)10-12-5-3-7-14(12)18;/h2,4,6,8,12,14H,3,5,7,9-10,18H2,1H3,(H,19,21,22);1H/t12-,14+;/m0./s1. The molecule has 0 bridgehead atoms. The lowest BCUT2D eigenvalue weighted by Crippen LogP contribution is -2.28. The third-order valence-corrected chi connectivity index (χ3v) is 5.21. The van der Waals surface area contributed by atoms with Crippen LogP contribution in [-0.4, -0.2) is 29.3 Å². The molecule has 2 atom stereocenters. The number of nitrogens with one attached hydrogen (secondary N) is 1. The molecule has 1 aromatic carbocycles. The molecule has 0 radical (unpaired) electrons. The average Bonchev–Trinajstić information content (AvgIpc) is 3.17. The van der Waals surface area contributed by atoms with Crippen molar-refractivity contribution in [3.8, 4) is 5.75 Å². The zero-order valence-electron chi connectivity index (χ0n) is 14.1. The number of nitrogens with two attached hydrogens (primary N) is 1. The van der Waals surface area contributed by atoms with Crippen molar-refractivity contribution in [1.29, 1.82) is 0 Å². The fourth-order valence-electron chi connectivity index (χ4n) is 3.06. The highest BCUT2D eigenvalue weighted by Gasteiger charge is 2.26. The summed E-state index contributed by atoms with van der Waals surface area (Å²) in [6.07, 6.45) is 4.29. The van der Waals surface area contributed by atoms with Gasteiger partial charge in [0.2, 0.25) is 11.0 Å². The predicted molar refractivity (Wildman–Crippen MR) is 102 cm³/mol. The van der Waals surface area contributed by atoms with E-state index in [9.17, 15) is 4.79 Å². The van der Waals surface area contributed by atoms with Gasteiger partial charge in [-0.15, -0.1) is 22.6 Å². The molecule has 0 unspecified atom stereocenters. The van der Waals surface area contributed by atoms with Crippen molar-refractivity contribution >= 4 is 34.8 Å². The number of nitrogens with zero attached hydrogens (tertiary/aromatic N) is 2. The molecule has 1 aromatic heterocycles. The second-order valence-electron chi connectivity index (χ2n) is 6.14. The molecule has 1 aliphatic rings. The van der Waals surface area contributed by atoms with Crippen molar-refractivity contribution in [2.24, 2.45) is 11.7 Å². The first kappa shape index (κ1) is 19.6. The number of anilines is 1. The summed E-state index contributed by atoms with van der Waals surface area (Å²) in [7, 11) is 1.65. The van der Waals surface area contributed by atoms with Gasteiger partial charge >= 0.3 is 0 Å². The minimum atomic E-state index is -0.0265. The van der Waals surface area contributed by atoms with Gasteiger partial charge in [0.05, 0.1) is 7.11 Å². The minimum Gasteiger partial charge on any atom is -0.497 e. The van der Waals surface area contributed by atoms with Crippen LogP contribution < -0.4 is 15.8 Å². The molecule has 1 fully saturated rings. The maximum Gasteiger partial charge on any atom is 0.226 e. The molecule has 3 rings (SSSR count). The van der Waals surface area contributed by atoms with Gasteiger partial charge in [-0.25, -0.2) is 0 Å². The first-order chi connectivity index (χ1) is 11.6. The van der Waals surface area contributed by atoms with Gasteiger partial charge in [-0.1, -0.05) is 29.9 Å². The van der Waals surface area contributed by atoms with Crippen molar-refractivity contribution in [1.82, 2.24) is 10.2 Å². The second-order valence-corrected chi connectivity index (χ2v) is 7.20. The van der Waals surface area contributed by atoms with Gasteiger partial charge in [0, 0.05) is 18.9 Å². The summed E-state index contributed by atoms with van der Waals surface area (Å²) in [5, 5.41) is 12.5. The Morgan fingerprint density at radius 2 is 2.24 bits per heavy atom. The Morgan fingerprint density at radius 3 is 2.96 bits per heavy atom. The highest BCUT2D eigenvalue weighted by Crippen LogP contribution is 2.27. The molecule has 3 N–H and O–H groups in total. The van der Waals surface area contributed by atoms with E-state index in [2.05, 4.69) is 15.5 Å². The van der Waals surface area contributed by atoms with Gasteiger partial charge in [0.25, 0.3) is 0 Å². The molecule has 0 aliphatic heterocycles. The van der Waals surface area contributed by atoms with Gasteiger partial charge in [0.1, 0.15) is 10.8 Å². The third-order valence-electron chi connectivity index (χ3n) is 4.37. The Bertz CT molecular complexity index is 709. The van der Waals surface area contributed by atoms with Gasteiger partial charge < -0.3 is 15.8 Å². The molecule has 6 nitrogen and oxygen atoms in total. The van der Waals surface area contributed by atoms with Crippen LogP contribution in [0.5, 0.6) is 5.75 Å². The Balaban J connectivity index is 0.00000225. The summed E-state index contributed by atoms with van der Waals surface area (Å²) in [5.41, 5.74) is 7.12. The molecule has 1 amide bonds. The number of hydrogen-bond acceptors (Lipinski definition) is 6. The van der Waals surface area contributed by atoms with Crippen molar-refractivity contribution in [3.05, 3.63) is 34.8 Å². The van der Waals surface area contributed by atoms with E-state index in [1.807, 2.05) is 24.3 Å². The average molecular weight is 383 g/mol. The van der Waals surface area contributed by atoms with Crippen LogP contribution in [0.3, 0.4) is 0 Å². The largest absolute Gasteiger partial charge is 0.497 e. The van der Waals surface area contributed by atoms with Crippen molar-refractivity contribution in [3.63, 3.8) is 0 Å². The summed E-state index contributed by atoms with van der Waals surface area (Å²) in [6.45, 7) is 0. The first-order valence-corrected chi connectivity index (χ1v) is 8.96. The van der Waals surface area contributed by atoms with Crippen LogP contribution in [0.25, 0.3) is 0 Å². The maximum atomic E-state index is 12.1. The number of aromatic nitrogens is 2. The number of halogens is 1. The molecule has 1 saturated carbocycles. The van der Waals surface area contributed by atoms with Gasteiger partial charge in [-0.3, -0.25) is 4.79 Å². The predicted octanol–water partition coefficient (Wildman–Crippen LogP) is 3.02. The number of carbonyl (C=O) groups excluding carboxylic acids is 1. The maximum absolute atomic E-state index is 12.1. The van der Waals surface area contributed by atoms with Crippen LogP contribution in [-0.2, 0) is 11.2 Å². The van der Waals surface area contributed by atoms with Crippen molar-refractivity contribution in [2.75, 3.05) is 12.4 Å². The lowest BCUT2D eigenvalue weighted by Gasteiger charge is -2.13. The Kier molecular flexibility index (Phi) is 7.16. The Hall–Kier alpha value is -1.70. The lowest BCUT2D eigenvalue weighted by molar-refractivity contribution is -0.117. The molecule has 0 spiro atoms. The fourth-order valence-corrected chi connectivity index (χ4v) is 3.85. The van der Waals surface area contributed by atoms with E-state index < -0.39 is 0 Å². The quantitative estimate of drug-likeness (QED) is 0.801. The third kappa shape index (κ3) is 5.39. The van der Waals surface area contributed by atoms with Gasteiger partial charge in [-0.2, -0.15) is 0 Å². The highest BCUT2D eigenvalue weighted by molar-refractivity contribution is 7.15. The number of carbonyl (C=O) groups is 1. The van der Waals surface area contributed by atoms with Crippen LogP contribution in [0.4, 0.5) is 5.13 Å². The van der Waals surface area contributed by atoms with E-state index in [0.717, 1.165) is 35.6 Å². The Labute approximate surface area is 157 Å². The van der Waals surface area contributed by atoms with Crippen LogP contribution in [0, 0.1) is 5.92 Å². The molecular formula is C17H23ClN4O2S. The number of hydrogen-bond donors (Lipinski definition) is 2. The molecular weight excluding hydrogens is 360 g/mol. The molecule has 136 valence electrons. The van der Waals surface area contributed by atoms with Crippen LogP contribution in [0.1, 0.15) is 36.3 Å². The van der Waals surface area contributed by atoms with Crippen LogP contribution >= 0.6 is 23.7 Å². The topological polar surface area (TPSA) is 90.1 Å². The van der Waals surface area contributed by atoms with E-state index in [0.29, 0.717) is 18.0 Å². The summed E-state index contributed by atoms with van der Waals surface area (Å²) in [5.74, 6) is 1.08. The molecule has 1 aliphatic carbocycles. The minimum absolute atomic E-state index is 0. The van der Waals surface area contributed by atoms with Crippen molar-refractivity contribution in [2.45, 2.75) is 38.1 Å². The number of benzene rings is 1. The second kappa shape index (κ2) is 9.12. The zero-order chi connectivity index (χ0) is 16.9. The van der Waals surface area contributed by atoms with Gasteiger partial charge in [0.15, 0.2) is 0 Å². The zero-order valence-corrected chi connectivity index (χ0v) is 15.7. The summed E-state index contributed by atoms with van der Waals surface area (Å²) >= 11 is 1.40.